The Morgan fingerprint density at radius 1 is 1.00 bits per heavy atom. The first-order chi connectivity index (χ1) is 14.8. The molecule has 4 heterocycles. The number of aromatic nitrogens is 3. The Balaban J connectivity index is 1.23. The molecule has 2 fully saturated rings. The topological polar surface area (TPSA) is 75.0 Å². The lowest BCUT2D eigenvalue weighted by atomic mass is 9.97. The Morgan fingerprint density at radius 3 is 2.67 bits per heavy atom. The van der Waals surface area contributed by atoms with E-state index < -0.39 is 0 Å². The average molecular weight is 406 g/mol. The molecule has 0 radical (unpaired) electrons. The molecule has 0 bridgehead atoms. The lowest BCUT2D eigenvalue weighted by Gasteiger charge is -2.32. The largest absolute Gasteiger partial charge is 0.378 e. The fourth-order valence-corrected chi connectivity index (χ4v) is 4.24. The highest BCUT2D eigenvalue weighted by Gasteiger charge is 2.28. The third-order valence-corrected chi connectivity index (χ3v) is 5.88. The standard InChI is InChI=1S/C22H26N6O2/c29-21(23-18-6-8-19(9-7-18)26-12-14-30-15-13-26)17-4-3-10-27(16-17)22-25-24-20-5-1-2-11-28(20)22/h1-2,5-9,11,17H,3-4,10,12-16H2,(H,23,29)/t17-/m1/s1. The van der Waals surface area contributed by atoms with Crippen LogP contribution in [0.1, 0.15) is 12.8 Å². The van der Waals surface area contributed by atoms with E-state index in [9.17, 15) is 4.79 Å². The molecule has 0 unspecified atom stereocenters. The van der Waals surface area contributed by atoms with E-state index in [1.54, 1.807) is 0 Å². The van der Waals surface area contributed by atoms with E-state index in [0.29, 0.717) is 6.54 Å². The highest BCUT2D eigenvalue weighted by atomic mass is 16.5. The summed E-state index contributed by atoms with van der Waals surface area (Å²) < 4.78 is 7.39. The van der Waals surface area contributed by atoms with E-state index in [2.05, 4.69) is 37.4 Å². The van der Waals surface area contributed by atoms with E-state index in [4.69, 9.17) is 4.74 Å². The minimum atomic E-state index is -0.0752. The quantitative estimate of drug-likeness (QED) is 0.717. The molecule has 1 amide bonds. The number of benzene rings is 1. The zero-order valence-corrected chi connectivity index (χ0v) is 16.9. The van der Waals surface area contributed by atoms with Crippen molar-refractivity contribution >= 4 is 28.9 Å². The highest BCUT2D eigenvalue weighted by Crippen LogP contribution is 2.24. The number of rotatable bonds is 4. The molecule has 2 saturated heterocycles. The number of morpholine rings is 1. The van der Waals surface area contributed by atoms with Gasteiger partial charge in [-0.05, 0) is 49.2 Å². The molecule has 5 rings (SSSR count). The lowest BCUT2D eigenvalue weighted by molar-refractivity contribution is -0.120. The van der Waals surface area contributed by atoms with Gasteiger partial charge in [-0.1, -0.05) is 6.07 Å². The van der Waals surface area contributed by atoms with Crippen LogP contribution in [-0.4, -0.2) is 59.9 Å². The number of nitrogens with zero attached hydrogens (tertiary/aromatic N) is 5. The summed E-state index contributed by atoms with van der Waals surface area (Å²) in [5.74, 6) is 0.791. The molecule has 0 spiro atoms. The van der Waals surface area contributed by atoms with Crippen molar-refractivity contribution in [1.29, 1.82) is 0 Å². The molecule has 0 saturated carbocycles. The highest BCUT2D eigenvalue weighted by molar-refractivity contribution is 5.93. The second-order valence-corrected chi connectivity index (χ2v) is 7.85. The Kier molecular flexibility index (Phi) is 5.23. The predicted molar refractivity (Wildman–Crippen MR) is 116 cm³/mol. The van der Waals surface area contributed by atoms with Crippen LogP contribution in [0.4, 0.5) is 17.3 Å². The maximum atomic E-state index is 12.9. The summed E-state index contributed by atoms with van der Waals surface area (Å²) in [6.45, 7) is 4.86. The maximum Gasteiger partial charge on any atom is 0.231 e. The first-order valence-electron chi connectivity index (χ1n) is 10.6. The van der Waals surface area contributed by atoms with Crippen molar-refractivity contribution in [3.63, 3.8) is 0 Å². The zero-order valence-electron chi connectivity index (χ0n) is 16.9. The van der Waals surface area contributed by atoms with Crippen LogP contribution >= 0.6 is 0 Å². The Hall–Kier alpha value is -3.13. The zero-order chi connectivity index (χ0) is 20.3. The first kappa shape index (κ1) is 18.9. The van der Waals surface area contributed by atoms with Gasteiger partial charge in [0.25, 0.3) is 0 Å². The van der Waals surface area contributed by atoms with Gasteiger partial charge in [0, 0.05) is 43.8 Å². The summed E-state index contributed by atoms with van der Waals surface area (Å²) in [5.41, 5.74) is 2.82. The molecule has 1 N–H and O–H groups in total. The molecular weight excluding hydrogens is 380 g/mol. The van der Waals surface area contributed by atoms with Crippen molar-refractivity contribution in [3.8, 4) is 0 Å². The summed E-state index contributed by atoms with van der Waals surface area (Å²) in [7, 11) is 0. The van der Waals surface area contributed by atoms with Gasteiger partial charge in [0.05, 0.1) is 19.1 Å². The molecule has 3 aromatic rings. The monoisotopic (exact) mass is 406 g/mol. The number of carbonyl (C=O) groups excluding carboxylic acids is 1. The Morgan fingerprint density at radius 2 is 1.83 bits per heavy atom. The second-order valence-electron chi connectivity index (χ2n) is 7.85. The van der Waals surface area contributed by atoms with E-state index in [1.807, 2.05) is 40.9 Å². The molecule has 1 atom stereocenters. The van der Waals surface area contributed by atoms with Crippen LogP contribution in [0.25, 0.3) is 5.65 Å². The number of nitrogens with one attached hydrogen (secondary N) is 1. The van der Waals surface area contributed by atoms with Crippen LogP contribution in [0, 0.1) is 5.92 Å². The molecule has 0 aliphatic carbocycles. The van der Waals surface area contributed by atoms with Crippen molar-refractivity contribution in [2.75, 3.05) is 54.5 Å². The number of piperidine rings is 1. The number of hydrogen-bond donors (Lipinski definition) is 1. The van der Waals surface area contributed by atoms with Crippen LogP contribution in [-0.2, 0) is 9.53 Å². The van der Waals surface area contributed by atoms with Crippen molar-refractivity contribution in [3.05, 3.63) is 48.7 Å². The van der Waals surface area contributed by atoms with Gasteiger partial charge in [0.1, 0.15) is 0 Å². The fourth-order valence-electron chi connectivity index (χ4n) is 4.24. The molecular formula is C22H26N6O2. The Labute approximate surface area is 175 Å². The number of fused-ring (bicyclic) bond motifs is 1. The molecule has 2 aromatic heterocycles. The number of hydrogen-bond acceptors (Lipinski definition) is 6. The molecule has 2 aliphatic rings. The van der Waals surface area contributed by atoms with Crippen molar-refractivity contribution in [2.24, 2.45) is 5.92 Å². The smallest absolute Gasteiger partial charge is 0.231 e. The van der Waals surface area contributed by atoms with Crippen molar-refractivity contribution < 1.29 is 9.53 Å². The van der Waals surface area contributed by atoms with Gasteiger partial charge >= 0.3 is 0 Å². The normalized spacial score (nSPS) is 19.8. The number of carbonyl (C=O) groups is 1. The van der Waals surface area contributed by atoms with Gasteiger partial charge in [-0.3, -0.25) is 9.20 Å². The van der Waals surface area contributed by atoms with E-state index in [-0.39, 0.29) is 11.8 Å². The summed E-state index contributed by atoms with van der Waals surface area (Å²) in [4.78, 5) is 17.4. The van der Waals surface area contributed by atoms with Gasteiger partial charge in [0.15, 0.2) is 5.65 Å². The van der Waals surface area contributed by atoms with Gasteiger partial charge in [0.2, 0.25) is 11.9 Å². The van der Waals surface area contributed by atoms with Gasteiger partial charge in [-0.15, -0.1) is 10.2 Å². The van der Waals surface area contributed by atoms with Crippen LogP contribution < -0.4 is 15.1 Å². The van der Waals surface area contributed by atoms with Crippen molar-refractivity contribution in [1.82, 2.24) is 14.6 Å². The Bertz CT molecular complexity index is 1010. The van der Waals surface area contributed by atoms with Crippen LogP contribution in [0.3, 0.4) is 0 Å². The molecule has 1 aromatic carbocycles. The van der Waals surface area contributed by atoms with Crippen LogP contribution in [0.15, 0.2) is 48.7 Å². The van der Waals surface area contributed by atoms with Gasteiger partial charge < -0.3 is 19.9 Å². The molecule has 8 nitrogen and oxygen atoms in total. The summed E-state index contributed by atoms with van der Waals surface area (Å²) in [6, 6.07) is 13.9. The van der Waals surface area contributed by atoms with Crippen LogP contribution in [0.5, 0.6) is 0 Å². The minimum absolute atomic E-state index is 0.0626. The number of pyridine rings is 1. The number of anilines is 3. The lowest BCUT2D eigenvalue weighted by Crippen LogP contribution is -2.41. The fraction of sp³-hybridized carbons (Fsp3) is 0.409. The van der Waals surface area contributed by atoms with E-state index in [1.165, 1.54) is 5.69 Å². The van der Waals surface area contributed by atoms with Crippen LogP contribution in [0.2, 0.25) is 0 Å². The molecule has 156 valence electrons. The molecule has 2 aliphatic heterocycles. The predicted octanol–water partition coefficient (Wildman–Crippen LogP) is 2.42. The average Bonchev–Trinajstić information content (AvgIpc) is 3.24. The molecule has 30 heavy (non-hydrogen) atoms. The second kappa shape index (κ2) is 8.31. The third kappa shape index (κ3) is 3.82. The van der Waals surface area contributed by atoms with Gasteiger partial charge in [-0.25, -0.2) is 0 Å². The summed E-state index contributed by atoms with van der Waals surface area (Å²) >= 11 is 0. The summed E-state index contributed by atoms with van der Waals surface area (Å²) in [5, 5.41) is 11.7. The number of amides is 1. The van der Waals surface area contributed by atoms with Gasteiger partial charge in [-0.2, -0.15) is 0 Å². The first-order valence-corrected chi connectivity index (χ1v) is 10.6. The maximum absolute atomic E-state index is 12.9. The van der Waals surface area contributed by atoms with E-state index >= 15 is 0 Å². The third-order valence-electron chi connectivity index (χ3n) is 5.88. The van der Waals surface area contributed by atoms with Crippen molar-refractivity contribution in [2.45, 2.75) is 12.8 Å². The SMILES string of the molecule is O=C(Nc1ccc(N2CCOCC2)cc1)[C@@H]1CCCN(c2nnc3ccccn23)C1. The molecule has 8 heteroatoms. The number of ether oxygens (including phenoxy) is 1. The minimum Gasteiger partial charge on any atom is -0.378 e. The summed E-state index contributed by atoms with van der Waals surface area (Å²) in [6.07, 6.45) is 3.80. The van der Waals surface area contributed by atoms with E-state index in [0.717, 1.165) is 63.0 Å².